The predicted molar refractivity (Wildman–Crippen MR) is 78.3 cm³/mol. The fourth-order valence-electron chi connectivity index (χ4n) is 2.13. The quantitative estimate of drug-likeness (QED) is 0.821. The summed E-state index contributed by atoms with van der Waals surface area (Å²) >= 11 is 0. The number of hydrogen-bond acceptors (Lipinski definition) is 2. The van der Waals surface area contributed by atoms with Gasteiger partial charge in [0.15, 0.2) is 0 Å². The van der Waals surface area contributed by atoms with E-state index >= 15 is 0 Å². The zero-order chi connectivity index (χ0) is 16.1. The molecule has 1 aromatic carbocycles. The Bertz CT molecular complexity index is 443. The maximum atomic E-state index is 12.7. The normalized spacial score (nSPS) is 14.2. The van der Waals surface area contributed by atoms with Crippen LogP contribution >= 0.6 is 0 Å². The van der Waals surface area contributed by atoms with E-state index in [0.717, 1.165) is 18.9 Å². The summed E-state index contributed by atoms with van der Waals surface area (Å²) in [5, 5.41) is 3.17. The number of nitrogens with one attached hydrogen (secondary N) is 1. The molecule has 5 heteroatoms. The van der Waals surface area contributed by atoms with Crippen LogP contribution in [0.2, 0.25) is 0 Å². The van der Waals surface area contributed by atoms with Gasteiger partial charge in [-0.2, -0.15) is 13.2 Å². The van der Waals surface area contributed by atoms with Crippen molar-refractivity contribution in [1.82, 2.24) is 5.32 Å². The molecule has 0 aromatic heterocycles. The van der Waals surface area contributed by atoms with Crippen LogP contribution in [0.4, 0.5) is 13.2 Å². The standard InChI is InChI=1S/C16H24F3NO/c1-15(2,21-4)9-8-14(20-3)11-12-6-5-7-13(10-12)16(17,18)19/h5-7,10,14,20H,8-9,11H2,1-4H3. The molecule has 0 saturated heterocycles. The summed E-state index contributed by atoms with van der Waals surface area (Å²) in [6.07, 6.45) is -2.04. The van der Waals surface area contributed by atoms with Crippen molar-refractivity contribution in [1.29, 1.82) is 0 Å². The molecule has 0 amide bonds. The lowest BCUT2D eigenvalue weighted by molar-refractivity contribution is -0.137. The number of methoxy groups -OCH3 is 1. The zero-order valence-corrected chi connectivity index (χ0v) is 13.1. The Balaban J connectivity index is 2.69. The van der Waals surface area contributed by atoms with Crippen molar-refractivity contribution >= 4 is 0 Å². The molecular formula is C16H24F3NO. The second-order valence-corrected chi connectivity index (χ2v) is 5.89. The van der Waals surface area contributed by atoms with Crippen molar-refractivity contribution in [3.8, 4) is 0 Å². The second kappa shape index (κ2) is 7.27. The maximum Gasteiger partial charge on any atom is 0.416 e. The van der Waals surface area contributed by atoms with Crippen LogP contribution in [0.5, 0.6) is 0 Å². The maximum absolute atomic E-state index is 12.7. The van der Waals surface area contributed by atoms with Gasteiger partial charge in [0.2, 0.25) is 0 Å². The van der Waals surface area contributed by atoms with Gasteiger partial charge < -0.3 is 10.1 Å². The van der Waals surface area contributed by atoms with Gasteiger partial charge in [-0.05, 0) is 51.8 Å². The Morgan fingerprint density at radius 3 is 2.43 bits per heavy atom. The number of ether oxygens (including phenoxy) is 1. The fraction of sp³-hybridized carbons (Fsp3) is 0.625. The minimum Gasteiger partial charge on any atom is -0.379 e. The van der Waals surface area contributed by atoms with Gasteiger partial charge in [0.1, 0.15) is 0 Å². The number of alkyl halides is 3. The Kier molecular flexibility index (Phi) is 6.23. The highest BCUT2D eigenvalue weighted by molar-refractivity contribution is 5.26. The second-order valence-electron chi connectivity index (χ2n) is 5.89. The molecule has 0 bridgehead atoms. The molecule has 2 nitrogen and oxygen atoms in total. The molecule has 0 saturated carbocycles. The van der Waals surface area contributed by atoms with E-state index < -0.39 is 11.7 Å². The summed E-state index contributed by atoms with van der Waals surface area (Å²) < 4.78 is 43.5. The molecule has 120 valence electrons. The van der Waals surface area contributed by atoms with E-state index in [0.29, 0.717) is 12.0 Å². The molecule has 1 unspecified atom stereocenters. The van der Waals surface area contributed by atoms with E-state index in [1.807, 2.05) is 20.9 Å². The molecule has 0 aliphatic rings. The lowest BCUT2D eigenvalue weighted by Crippen LogP contribution is -2.32. The monoisotopic (exact) mass is 303 g/mol. The first kappa shape index (κ1) is 18.0. The number of likely N-dealkylation sites (N-methyl/N-ethyl adjacent to an activating group) is 1. The minimum absolute atomic E-state index is 0.128. The van der Waals surface area contributed by atoms with Crippen molar-refractivity contribution in [3.05, 3.63) is 35.4 Å². The van der Waals surface area contributed by atoms with E-state index in [2.05, 4.69) is 5.32 Å². The molecule has 0 radical (unpaired) electrons. The minimum atomic E-state index is -4.29. The van der Waals surface area contributed by atoms with Crippen molar-refractivity contribution in [2.75, 3.05) is 14.2 Å². The molecular weight excluding hydrogens is 279 g/mol. The highest BCUT2D eigenvalue weighted by Crippen LogP contribution is 2.30. The Labute approximate surface area is 124 Å². The third-order valence-electron chi connectivity index (χ3n) is 3.79. The van der Waals surface area contributed by atoms with E-state index in [1.54, 1.807) is 13.2 Å². The number of rotatable bonds is 7. The molecule has 0 spiro atoms. The van der Waals surface area contributed by atoms with Crippen molar-refractivity contribution in [2.45, 2.75) is 50.9 Å². The van der Waals surface area contributed by atoms with Crippen LogP contribution in [0.25, 0.3) is 0 Å². The molecule has 0 fully saturated rings. The summed E-state index contributed by atoms with van der Waals surface area (Å²) in [6.45, 7) is 4.01. The first-order chi connectivity index (χ1) is 9.68. The highest BCUT2D eigenvalue weighted by atomic mass is 19.4. The van der Waals surface area contributed by atoms with Crippen LogP contribution in [0.1, 0.15) is 37.8 Å². The van der Waals surface area contributed by atoms with Gasteiger partial charge in [0, 0.05) is 13.2 Å². The van der Waals surface area contributed by atoms with Crippen LogP contribution in [0.3, 0.4) is 0 Å². The molecule has 0 aliphatic heterocycles. The Hall–Kier alpha value is -1.07. The van der Waals surface area contributed by atoms with Gasteiger partial charge >= 0.3 is 6.18 Å². The molecule has 0 aliphatic carbocycles. The van der Waals surface area contributed by atoms with Crippen LogP contribution in [-0.4, -0.2) is 25.8 Å². The van der Waals surface area contributed by atoms with Crippen LogP contribution in [0, 0.1) is 0 Å². The van der Waals surface area contributed by atoms with Gasteiger partial charge in [-0.15, -0.1) is 0 Å². The zero-order valence-electron chi connectivity index (χ0n) is 13.1. The first-order valence-electron chi connectivity index (χ1n) is 7.06. The molecule has 1 atom stereocenters. The van der Waals surface area contributed by atoms with E-state index in [-0.39, 0.29) is 11.6 Å². The largest absolute Gasteiger partial charge is 0.416 e. The summed E-state index contributed by atoms with van der Waals surface area (Å²) in [7, 11) is 3.50. The topological polar surface area (TPSA) is 21.3 Å². The Morgan fingerprint density at radius 2 is 1.90 bits per heavy atom. The van der Waals surface area contributed by atoms with E-state index in [1.165, 1.54) is 12.1 Å². The van der Waals surface area contributed by atoms with Gasteiger partial charge in [-0.25, -0.2) is 0 Å². The summed E-state index contributed by atoms with van der Waals surface area (Å²) in [4.78, 5) is 0. The first-order valence-corrected chi connectivity index (χ1v) is 7.06. The van der Waals surface area contributed by atoms with Gasteiger partial charge in [-0.1, -0.05) is 18.2 Å². The van der Waals surface area contributed by atoms with Gasteiger partial charge in [0.25, 0.3) is 0 Å². The third-order valence-corrected chi connectivity index (χ3v) is 3.79. The van der Waals surface area contributed by atoms with Crippen molar-refractivity contribution < 1.29 is 17.9 Å². The smallest absolute Gasteiger partial charge is 0.379 e. The molecule has 1 N–H and O–H groups in total. The number of hydrogen-bond donors (Lipinski definition) is 1. The summed E-state index contributed by atoms with van der Waals surface area (Å²) in [5.74, 6) is 0. The van der Waals surface area contributed by atoms with Crippen LogP contribution in [-0.2, 0) is 17.3 Å². The molecule has 0 heterocycles. The number of halogens is 3. The van der Waals surface area contributed by atoms with Gasteiger partial charge in [0.05, 0.1) is 11.2 Å². The highest BCUT2D eigenvalue weighted by Gasteiger charge is 2.30. The average molecular weight is 303 g/mol. The van der Waals surface area contributed by atoms with Gasteiger partial charge in [-0.3, -0.25) is 0 Å². The average Bonchev–Trinajstić information content (AvgIpc) is 2.43. The molecule has 1 rings (SSSR count). The molecule has 1 aromatic rings. The third kappa shape index (κ3) is 6.06. The van der Waals surface area contributed by atoms with E-state index in [9.17, 15) is 13.2 Å². The fourth-order valence-corrected chi connectivity index (χ4v) is 2.13. The van der Waals surface area contributed by atoms with Crippen molar-refractivity contribution in [3.63, 3.8) is 0 Å². The van der Waals surface area contributed by atoms with Crippen molar-refractivity contribution in [2.24, 2.45) is 0 Å². The SMILES string of the molecule is CNC(CCC(C)(C)OC)Cc1cccc(C(F)(F)F)c1. The summed E-state index contributed by atoms with van der Waals surface area (Å²) in [5.41, 5.74) is -0.116. The summed E-state index contributed by atoms with van der Waals surface area (Å²) in [6, 6.07) is 5.66. The lowest BCUT2D eigenvalue weighted by atomic mass is 9.94. The predicted octanol–water partition coefficient (Wildman–Crippen LogP) is 4.04. The van der Waals surface area contributed by atoms with Crippen LogP contribution < -0.4 is 5.32 Å². The van der Waals surface area contributed by atoms with E-state index in [4.69, 9.17) is 4.74 Å². The molecule has 21 heavy (non-hydrogen) atoms. The Morgan fingerprint density at radius 1 is 1.24 bits per heavy atom. The lowest BCUT2D eigenvalue weighted by Gasteiger charge is -2.26. The number of benzene rings is 1. The van der Waals surface area contributed by atoms with Crippen LogP contribution in [0.15, 0.2) is 24.3 Å².